The molecule has 5 heteroatoms. The van der Waals surface area contributed by atoms with E-state index in [0.29, 0.717) is 18.3 Å². The molecule has 3 rings (SSSR count). The van der Waals surface area contributed by atoms with Crippen molar-refractivity contribution in [2.75, 3.05) is 26.9 Å². The first-order chi connectivity index (χ1) is 11.3. The molecule has 0 amide bonds. The maximum atomic E-state index is 11.8. The summed E-state index contributed by atoms with van der Waals surface area (Å²) in [5.74, 6) is 0.451. The monoisotopic (exact) mass is 319 g/mol. The van der Waals surface area contributed by atoms with Crippen molar-refractivity contribution >= 4 is 5.97 Å². The Bertz CT molecular complexity index is 546. The number of piperidine rings is 1. The van der Waals surface area contributed by atoms with Crippen LogP contribution in [0.4, 0.5) is 0 Å². The Morgan fingerprint density at radius 3 is 3.00 bits per heavy atom. The lowest BCUT2D eigenvalue weighted by molar-refractivity contribution is 0.0184. The number of carbonyl (C=O) groups is 1. The summed E-state index contributed by atoms with van der Waals surface area (Å²) in [6.45, 7) is 2.44. The maximum absolute atomic E-state index is 11.8. The van der Waals surface area contributed by atoms with Crippen LogP contribution in [0, 0.1) is 0 Å². The molecule has 2 aliphatic rings. The number of esters is 1. The average Bonchev–Trinajstić information content (AvgIpc) is 2.59. The van der Waals surface area contributed by atoms with E-state index in [1.807, 2.05) is 12.1 Å². The summed E-state index contributed by atoms with van der Waals surface area (Å²) in [6, 6.07) is 5.80. The highest BCUT2D eigenvalue weighted by molar-refractivity contribution is 5.90. The van der Waals surface area contributed by atoms with Gasteiger partial charge in [-0.25, -0.2) is 4.79 Å². The number of fused-ring (bicyclic) bond motifs is 4. The van der Waals surface area contributed by atoms with E-state index in [1.165, 1.54) is 7.11 Å². The molecule has 0 unspecified atom stereocenters. The first kappa shape index (κ1) is 16.3. The fourth-order valence-corrected chi connectivity index (χ4v) is 3.28. The van der Waals surface area contributed by atoms with Gasteiger partial charge in [0.25, 0.3) is 0 Å². The average molecular weight is 319 g/mol. The summed E-state index contributed by atoms with van der Waals surface area (Å²) >= 11 is 0. The molecule has 0 saturated carbocycles. The molecule has 126 valence electrons. The molecule has 1 aromatic carbocycles. The number of hydrogen-bond acceptors (Lipinski definition) is 5. The summed E-state index contributed by atoms with van der Waals surface area (Å²) in [7, 11) is 1.40. The Labute approximate surface area is 137 Å². The van der Waals surface area contributed by atoms with Gasteiger partial charge in [-0.05, 0) is 50.8 Å². The molecule has 2 heterocycles. The number of ether oxygens (including phenoxy) is 3. The van der Waals surface area contributed by atoms with Crippen LogP contribution in [0.1, 0.15) is 54.1 Å². The molecule has 0 radical (unpaired) electrons. The van der Waals surface area contributed by atoms with Crippen molar-refractivity contribution in [3.05, 3.63) is 29.3 Å². The minimum absolute atomic E-state index is 0.204. The van der Waals surface area contributed by atoms with Crippen molar-refractivity contribution in [2.24, 2.45) is 0 Å². The van der Waals surface area contributed by atoms with E-state index in [-0.39, 0.29) is 12.0 Å². The van der Waals surface area contributed by atoms with Crippen LogP contribution in [0.25, 0.3) is 0 Å². The first-order valence-electron chi connectivity index (χ1n) is 8.48. The number of rotatable bonds is 1. The van der Waals surface area contributed by atoms with E-state index in [0.717, 1.165) is 56.6 Å². The zero-order chi connectivity index (χ0) is 16.1. The van der Waals surface area contributed by atoms with Crippen LogP contribution in [0.2, 0.25) is 0 Å². The van der Waals surface area contributed by atoms with Crippen LogP contribution in [-0.2, 0) is 9.47 Å². The third-order valence-corrected chi connectivity index (χ3v) is 4.57. The molecule has 1 aromatic rings. The quantitative estimate of drug-likeness (QED) is 0.807. The van der Waals surface area contributed by atoms with E-state index < -0.39 is 0 Å². The highest BCUT2D eigenvalue weighted by atomic mass is 16.5. The molecule has 1 fully saturated rings. The van der Waals surface area contributed by atoms with Crippen molar-refractivity contribution in [1.82, 2.24) is 5.32 Å². The fraction of sp³-hybridized carbons (Fsp3) is 0.611. The van der Waals surface area contributed by atoms with Crippen LogP contribution in [0.5, 0.6) is 5.75 Å². The standard InChI is InChI=1S/C18H25NO4/c1-21-18(20)13-5-6-15-16-12-14(7-8-19-16)22-9-3-2-4-10-23-17(15)11-13/h5-6,11,14,16,19H,2-4,7-10,12H2,1H3/t14-,16-/m0/s1. The molecular weight excluding hydrogens is 294 g/mol. The molecule has 0 spiro atoms. The predicted octanol–water partition coefficient (Wildman–Crippen LogP) is 2.85. The molecular formula is C18H25NO4. The zero-order valence-corrected chi connectivity index (χ0v) is 13.7. The molecule has 2 aliphatic heterocycles. The molecule has 1 N–H and O–H groups in total. The van der Waals surface area contributed by atoms with Gasteiger partial charge in [-0.3, -0.25) is 0 Å². The molecule has 0 aliphatic carbocycles. The summed E-state index contributed by atoms with van der Waals surface area (Å²) in [4.78, 5) is 11.8. The van der Waals surface area contributed by atoms with Gasteiger partial charge < -0.3 is 19.5 Å². The van der Waals surface area contributed by atoms with E-state index in [1.54, 1.807) is 6.07 Å². The zero-order valence-electron chi connectivity index (χ0n) is 13.7. The topological polar surface area (TPSA) is 56.8 Å². The van der Waals surface area contributed by atoms with Gasteiger partial charge in [-0.15, -0.1) is 0 Å². The highest BCUT2D eigenvalue weighted by Gasteiger charge is 2.26. The largest absolute Gasteiger partial charge is 0.493 e. The van der Waals surface area contributed by atoms with E-state index in [2.05, 4.69) is 5.32 Å². The summed E-state index contributed by atoms with van der Waals surface area (Å²) < 4.78 is 16.8. The Balaban J connectivity index is 1.88. The lowest BCUT2D eigenvalue weighted by Gasteiger charge is -2.32. The normalized spacial score (nSPS) is 25.3. The number of benzene rings is 1. The second kappa shape index (κ2) is 7.79. The van der Waals surface area contributed by atoms with Gasteiger partial charge in [0, 0.05) is 18.2 Å². The van der Waals surface area contributed by atoms with Crippen molar-refractivity contribution in [1.29, 1.82) is 0 Å². The Morgan fingerprint density at radius 2 is 2.13 bits per heavy atom. The van der Waals surface area contributed by atoms with Gasteiger partial charge in [0.05, 0.1) is 25.4 Å². The molecule has 23 heavy (non-hydrogen) atoms. The van der Waals surface area contributed by atoms with E-state index in [4.69, 9.17) is 14.2 Å². The van der Waals surface area contributed by atoms with Crippen LogP contribution in [0.15, 0.2) is 18.2 Å². The Kier molecular flexibility index (Phi) is 5.51. The molecule has 5 nitrogen and oxygen atoms in total. The van der Waals surface area contributed by atoms with Gasteiger partial charge in [0.2, 0.25) is 0 Å². The summed E-state index contributed by atoms with van der Waals surface area (Å²) in [6.07, 6.45) is 5.45. The van der Waals surface area contributed by atoms with E-state index in [9.17, 15) is 4.79 Å². The SMILES string of the molecule is COC(=O)c1ccc2c(c1)OCCCCCO[C@H]1CCN[C@H]2C1. The lowest BCUT2D eigenvalue weighted by atomic mass is 9.93. The summed E-state index contributed by atoms with van der Waals surface area (Å²) in [5, 5.41) is 3.55. The van der Waals surface area contributed by atoms with Gasteiger partial charge in [-0.2, -0.15) is 0 Å². The molecule has 2 bridgehead atoms. The van der Waals surface area contributed by atoms with Crippen LogP contribution in [-0.4, -0.2) is 38.9 Å². The third-order valence-electron chi connectivity index (χ3n) is 4.57. The Hall–Kier alpha value is -1.59. The van der Waals surface area contributed by atoms with Gasteiger partial charge in [0.15, 0.2) is 0 Å². The number of methoxy groups -OCH3 is 1. The van der Waals surface area contributed by atoms with Gasteiger partial charge in [0.1, 0.15) is 5.75 Å². The van der Waals surface area contributed by atoms with Crippen LogP contribution < -0.4 is 10.1 Å². The van der Waals surface area contributed by atoms with Crippen molar-refractivity contribution < 1.29 is 19.0 Å². The number of carbonyl (C=O) groups excluding carboxylic acids is 1. The van der Waals surface area contributed by atoms with Crippen LogP contribution in [0.3, 0.4) is 0 Å². The Morgan fingerprint density at radius 1 is 1.26 bits per heavy atom. The number of hydrogen-bond donors (Lipinski definition) is 1. The second-order valence-corrected chi connectivity index (χ2v) is 6.18. The highest BCUT2D eigenvalue weighted by Crippen LogP contribution is 2.33. The smallest absolute Gasteiger partial charge is 0.337 e. The van der Waals surface area contributed by atoms with Crippen molar-refractivity contribution in [2.45, 2.75) is 44.2 Å². The number of nitrogens with one attached hydrogen (secondary N) is 1. The van der Waals surface area contributed by atoms with Gasteiger partial charge in [-0.1, -0.05) is 6.07 Å². The molecule has 0 aromatic heterocycles. The molecule has 2 atom stereocenters. The minimum Gasteiger partial charge on any atom is -0.493 e. The lowest BCUT2D eigenvalue weighted by Crippen LogP contribution is -2.36. The van der Waals surface area contributed by atoms with Crippen molar-refractivity contribution in [3.8, 4) is 5.75 Å². The molecule has 1 saturated heterocycles. The first-order valence-corrected chi connectivity index (χ1v) is 8.48. The predicted molar refractivity (Wildman–Crippen MR) is 86.8 cm³/mol. The minimum atomic E-state index is -0.333. The van der Waals surface area contributed by atoms with Crippen LogP contribution >= 0.6 is 0 Å². The maximum Gasteiger partial charge on any atom is 0.337 e. The summed E-state index contributed by atoms with van der Waals surface area (Å²) in [5.41, 5.74) is 1.63. The second-order valence-electron chi connectivity index (χ2n) is 6.18. The van der Waals surface area contributed by atoms with Gasteiger partial charge >= 0.3 is 5.97 Å². The third kappa shape index (κ3) is 4.03. The van der Waals surface area contributed by atoms with E-state index >= 15 is 0 Å². The fourth-order valence-electron chi connectivity index (χ4n) is 3.28. The van der Waals surface area contributed by atoms with Crippen molar-refractivity contribution in [3.63, 3.8) is 0 Å².